The van der Waals surface area contributed by atoms with Gasteiger partial charge in [0, 0.05) is 36.0 Å². The zero-order valence-electron chi connectivity index (χ0n) is 15.2. The van der Waals surface area contributed by atoms with E-state index >= 15 is 0 Å². The molecule has 1 amide bonds. The van der Waals surface area contributed by atoms with Crippen LogP contribution < -0.4 is 4.90 Å². The molecule has 29 heavy (non-hydrogen) atoms. The number of carboxylic acid groups (broad SMARTS) is 1. The Morgan fingerprint density at radius 1 is 1.03 bits per heavy atom. The standard InChI is InChI=1S/C21H14F2N4O2/c1-27(21(28)29)20-15-6-4-12(16-10-14(22)5-7-17(16)23)9-18(15)25-19(26-20)13-3-2-8-24-11-13/h2-11H,1H3,(H,28,29). The van der Waals surface area contributed by atoms with Crippen LogP contribution in [0.2, 0.25) is 0 Å². The molecular weight excluding hydrogens is 378 g/mol. The number of benzene rings is 2. The van der Waals surface area contributed by atoms with Crippen molar-refractivity contribution in [3.8, 4) is 22.5 Å². The Morgan fingerprint density at radius 3 is 2.59 bits per heavy atom. The van der Waals surface area contributed by atoms with Crippen LogP contribution in [-0.4, -0.2) is 33.2 Å². The predicted octanol–water partition coefficient (Wildman–Crippen LogP) is 4.75. The lowest BCUT2D eigenvalue weighted by Crippen LogP contribution is -2.25. The van der Waals surface area contributed by atoms with Crippen molar-refractivity contribution in [2.24, 2.45) is 0 Å². The third-order valence-corrected chi connectivity index (χ3v) is 4.44. The van der Waals surface area contributed by atoms with Crippen LogP contribution in [0.1, 0.15) is 0 Å². The second-order valence-electron chi connectivity index (χ2n) is 6.31. The quantitative estimate of drug-likeness (QED) is 0.544. The number of hydrogen-bond acceptors (Lipinski definition) is 4. The molecule has 4 aromatic rings. The van der Waals surface area contributed by atoms with Gasteiger partial charge in [0.1, 0.15) is 17.5 Å². The average Bonchev–Trinajstić information content (AvgIpc) is 2.74. The summed E-state index contributed by atoms with van der Waals surface area (Å²) in [4.78, 5) is 25.4. The fourth-order valence-electron chi connectivity index (χ4n) is 2.97. The van der Waals surface area contributed by atoms with Gasteiger partial charge in [-0.3, -0.25) is 9.88 Å². The number of amides is 1. The lowest BCUT2D eigenvalue weighted by Gasteiger charge is -2.16. The molecule has 2 aromatic heterocycles. The lowest BCUT2D eigenvalue weighted by atomic mass is 10.0. The maximum Gasteiger partial charge on any atom is 0.412 e. The Hall–Kier alpha value is -3.94. The van der Waals surface area contributed by atoms with Gasteiger partial charge < -0.3 is 5.11 Å². The van der Waals surface area contributed by atoms with E-state index in [2.05, 4.69) is 15.0 Å². The van der Waals surface area contributed by atoms with Crippen LogP contribution in [0.4, 0.5) is 19.4 Å². The highest BCUT2D eigenvalue weighted by Crippen LogP contribution is 2.31. The summed E-state index contributed by atoms with van der Waals surface area (Å²) in [6, 6.07) is 11.4. The number of aromatic nitrogens is 3. The number of hydrogen-bond donors (Lipinski definition) is 1. The third kappa shape index (κ3) is 3.47. The van der Waals surface area contributed by atoms with Crippen LogP contribution in [0.15, 0.2) is 60.9 Å². The topological polar surface area (TPSA) is 79.2 Å². The van der Waals surface area contributed by atoms with E-state index in [9.17, 15) is 18.7 Å². The summed E-state index contributed by atoms with van der Waals surface area (Å²) in [5, 5.41) is 9.88. The van der Waals surface area contributed by atoms with Gasteiger partial charge in [0.05, 0.1) is 5.52 Å². The van der Waals surface area contributed by atoms with E-state index in [4.69, 9.17) is 0 Å². The van der Waals surface area contributed by atoms with Crippen LogP contribution in [0, 0.1) is 11.6 Å². The van der Waals surface area contributed by atoms with Crippen molar-refractivity contribution in [1.29, 1.82) is 0 Å². The lowest BCUT2D eigenvalue weighted by molar-refractivity contribution is 0.203. The van der Waals surface area contributed by atoms with Crippen LogP contribution in [0.25, 0.3) is 33.4 Å². The normalized spacial score (nSPS) is 10.9. The fraction of sp³-hybridized carbons (Fsp3) is 0.0476. The number of rotatable bonds is 3. The van der Waals surface area contributed by atoms with E-state index in [1.165, 1.54) is 7.05 Å². The molecular formula is C21H14F2N4O2. The largest absolute Gasteiger partial charge is 0.465 e. The first kappa shape index (κ1) is 18.4. The number of pyridine rings is 1. The molecule has 144 valence electrons. The highest BCUT2D eigenvalue weighted by atomic mass is 19.1. The molecule has 8 heteroatoms. The summed E-state index contributed by atoms with van der Waals surface area (Å²) >= 11 is 0. The molecule has 1 N–H and O–H groups in total. The van der Waals surface area contributed by atoms with E-state index in [0.29, 0.717) is 22.0 Å². The molecule has 0 fully saturated rings. The van der Waals surface area contributed by atoms with Crippen molar-refractivity contribution in [2.75, 3.05) is 11.9 Å². The first-order chi connectivity index (χ1) is 13.9. The number of fused-ring (bicyclic) bond motifs is 1. The number of halogens is 2. The monoisotopic (exact) mass is 392 g/mol. The minimum atomic E-state index is -1.19. The highest BCUT2D eigenvalue weighted by molar-refractivity contribution is 5.99. The molecule has 0 aliphatic carbocycles. The Kier molecular flexibility index (Phi) is 4.59. The minimum Gasteiger partial charge on any atom is -0.465 e. The zero-order chi connectivity index (χ0) is 20.5. The second kappa shape index (κ2) is 7.23. The van der Waals surface area contributed by atoms with Crippen molar-refractivity contribution in [2.45, 2.75) is 0 Å². The van der Waals surface area contributed by atoms with Gasteiger partial charge >= 0.3 is 6.09 Å². The molecule has 2 aromatic carbocycles. The molecule has 0 atom stereocenters. The molecule has 0 unspecified atom stereocenters. The van der Waals surface area contributed by atoms with E-state index < -0.39 is 17.7 Å². The van der Waals surface area contributed by atoms with Gasteiger partial charge in [0.15, 0.2) is 5.82 Å². The Bertz CT molecular complexity index is 1230. The van der Waals surface area contributed by atoms with Crippen LogP contribution >= 0.6 is 0 Å². The summed E-state index contributed by atoms with van der Waals surface area (Å²) in [5.74, 6) is -0.695. The molecule has 0 saturated carbocycles. The maximum absolute atomic E-state index is 14.2. The van der Waals surface area contributed by atoms with Crippen molar-refractivity contribution < 1.29 is 18.7 Å². The first-order valence-electron chi connectivity index (χ1n) is 8.58. The minimum absolute atomic E-state index is 0.0848. The highest BCUT2D eigenvalue weighted by Gasteiger charge is 2.18. The number of carbonyl (C=O) groups is 1. The second-order valence-corrected chi connectivity index (χ2v) is 6.31. The summed E-state index contributed by atoms with van der Waals surface area (Å²) in [7, 11) is 1.37. The van der Waals surface area contributed by atoms with E-state index in [-0.39, 0.29) is 17.2 Å². The van der Waals surface area contributed by atoms with Gasteiger partial charge in [-0.2, -0.15) is 0 Å². The summed E-state index contributed by atoms with van der Waals surface area (Å²) < 4.78 is 27.8. The Balaban J connectivity index is 1.97. The molecule has 0 spiro atoms. The van der Waals surface area contributed by atoms with Crippen molar-refractivity contribution >= 4 is 22.8 Å². The summed E-state index contributed by atoms with van der Waals surface area (Å²) in [6.07, 6.45) is 1.96. The van der Waals surface area contributed by atoms with Crippen molar-refractivity contribution in [1.82, 2.24) is 15.0 Å². The average molecular weight is 392 g/mol. The van der Waals surface area contributed by atoms with Gasteiger partial charge in [-0.05, 0) is 48.0 Å². The maximum atomic E-state index is 14.2. The van der Waals surface area contributed by atoms with Crippen LogP contribution in [0.5, 0.6) is 0 Å². The third-order valence-electron chi connectivity index (χ3n) is 4.44. The van der Waals surface area contributed by atoms with Gasteiger partial charge in [-0.1, -0.05) is 6.07 Å². The van der Waals surface area contributed by atoms with Gasteiger partial charge in [0.2, 0.25) is 0 Å². The Labute approximate surface area is 164 Å². The smallest absolute Gasteiger partial charge is 0.412 e. The first-order valence-corrected chi connectivity index (χ1v) is 8.58. The van der Waals surface area contributed by atoms with Gasteiger partial charge in [-0.15, -0.1) is 0 Å². The molecule has 0 saturated heterocycles. The van der Waals surface area contributed by atoms with Crippen molar-refractivity contribution in [3.05, 3.63) is 72.6 Å². The predicted molar refractivity (Wildman–Crippen MR) is 105 cm³/mol. The fourth-order valence-corrected chi connectivity index (χ4v) is 2.97. The summed E-state index contributed by atoms with van der Waals surface area (Å²) in [6.45, 7) is 0. The summed E-state index contributed by atoms with van der Waals surface area (Å²) in [5.41, 5.74) is 1.48. The molecule has 0 aliphatic rings. The van der Waals surface area contributed by atoms with Crippen LogP contribution in [-0.2, 0) is 0 Å². The van der Waals surface area contributed by atoms with E-state index in [1.807, 2.05) is 0 Å². The molecule has 0 bridgehead atoms. The van der Waals surface area contributed by atoms with Crippen molar-refractivity contribution in [3.63, 3.8) is 0 Å². The molecule has 0 radical (unpaired) electrons. The van der Waals surface area contributed by atoms with Gasteiger partial charge in [-0.25, -0.2) is 23.5 Å². The van der Waals surface area contributed by atoms with E-state index in [1.54, 1.807) is 42.7 Å². The van der Waals surface area contributed by atoms with Crippen LogP contribution in [0.3, 0.4) is 0 Å². The van der Waals surface area contributed by atoms with E-state index in [0.717, 1.165) is 23.1 Å². The Morgan fingerprint density at radius 2 is 1.86 bits per heavy atom. The van der Waals surface area contributed by atoms with Gasteiger partial charge in [0.25, 0.3) is 0 Å². The molecule has 0 aliphatic heterocycles. The number of nitrogens with zero attached hydrogens (tertiary/aromatic N) is 4. The SMILES string of the molecule is CN(C(=O)O)c1nc(-c2cccnc2)nc2cc(-c3cc(F)ccc3F)ccc12. The molecule has 6 nitrogen and oxygen atoms in total. The number of anilines is 1. The molecule has 2 heterocycles. The zero-order valence-corrected chi connectivity index (χ0v) is 15.2. The molecule has 4 rings (SSSR count).